The predicted molar refractivity (Wildman–Crippen MR) is 35.7 cm³/mol. The average Bonchev–Trinajstić information content (AvgIpc) is 2.05. The highest BCUT2D eigenvalue weighted by molar-refractivity contribution is 5.78. The summed E-state index contributed by atoms with van der Waals surface area (Å²) in [4.78, 5) is 10.6. The van der Waals surface area contributed by atoms with Gasteiger partial charge in [-0.3, -0.25) is 4.79 Å². The van der Waals surface area contributed by atoms with Crippen molar-refractivity contribution in [1.82, 2.24) is 0 Å². The first-order valence-corrected chi connectivity index (χ1v) is 3.44. The molecule has 11 heavy (non-hydrogen) atoms. The maximum atomic E-state index is 10.6. The first-order valence-electron chi connectivity index (χ1n) is 3.44. The van der Waals surface area contributed by atoms with Crippen LogP contribution in [0.4, 0.5) is 0 Å². The maximum absolute atomic E-state index is 10.6. The fourth-order valence-corrected chi connectivity index (χ4v) is 1.10. The van der Waals surface area contributed by atoms with Crippen molar-refractivity contribution in [1.29, 1.82) is 5.26 Å². The molecule has 0 spiro atoms. The van der Waals surface area contributed by atoms with E-state index in [1.165, 1.54) is 0 Å². The lowest BCUT2D eigenvalue weighted by atomic mass is 9.84. The van der Waals surface area contributed by atoms with E-state index in [1.807, 2.05) is 0 Å². The Hall–Kier alpha value is -1.08. The fourth-order valence-electron chi connectivity index (χ4n) is 1.10. The SMILES string of the molecule is N#C[C@]1(C(=O)O)CCCOC1. The predicted octanol–water partition coefficient (Wildman–Crippen LogP) is 0.391. The minimum absolute atomic E-state index is 0.0266. The van der Waals surface area contributed by atoms with E-state index in [-0.39, 0.29) is 6.61 Å². The molecule has 0 radical (unpaired) electrons. The Bertz CT molecular complexity index is 200. The Morgan fingerprint density at radius 3 is 2.73 bits per heavy atom. The van der Waals surface area contributed by atoms with E-state index in [0.717, 1.165) is 0 Å². The van der Waals surface area contributed by atoms with Gasteiger partial charge in [-0.15, -0.1) is 0 Å². The van der Waals surface area contributed by atoms with E-state index < -0.39 is 11.4 Å². The quantitative estimate of drug-likeness (QED) is 0.594. The zero-order valence-electron chi connectivity index (χ0n) is 6.04. The summed E-state index contributed by atoms with van der Waals surface area (Å²) in [6.45, 7) is 0.593. The summed E-state index contributed by atoms with van der Waals surface area (Å²) >= 11 is 0. The normalized spacial score (nSPS) is 30.8. The first kappa shape index (κ1) is 8.02. The molecule has 1 saturated heterocycles. The van der Waals surface area contributed by atoms with Gasteiger partial charge in [0.05, 0.1) is 12.7 Å². The van der Waals surface area contributed by atoms with Crippen molar-refractivity contribution in [3.8, 4) is 6.07 Å². The lowest BCUT2D eigenvalue weighted by Gasteiger charge is -2.25. The van der Waals surface area contributed by atoms with Crippen LogP contribution in [0.2, 0.25) is 0 Å². The van der Waals surface area contributed by atoms with E-state index in [0.29, 0.717) is 19.4 Å². The molecule has 0 aromatic carbocycles. The van der Waals surface area contributed by atoms with Gasteiger partial charge < -0.3 is 9.84 Å². The minimum Gasteiger partial charge on any atom is -0.480 e. The summed E-state index contributed by atoms with van der Waals surface area (Å²) < 4.78 is 4.93. The van der Waals surface area contributed by atoms with Crippen LogP contribution in [0, 0.1) is 16.7 Å². The third kappa shape index (κ3) is 1.33. The van der Waals surface area contributed by atoms with Gasteiger partial charge in [0.2, 0.25) is 0 Å². The standard InChI is InChI=1S/C7H9NO3/c8-4-7(6(9)10)2-1-3-11-5-7/h1-3,5H2,(H,9,10)/t7-/m1/s1. The molecule has 1 heterocycles. The Morgan fingerprint density at radius 2 is 2.45 bits per heavy atom. The van der Waals surface area contributed by atoms with Crippen LogP contribution in [0.1, 0.15) is 12.8 Å². The number of ether oxygens (including phenoxy) is 1. The summed E-state index contributed by atoms with van der Waals surface area (Å²) in [5.74, 6) is -1.07. The van der Waals surface area contributed by atoms with Gasteiger partial charge >= 0.3 is 5.97 Å². The third-order valence-corrected chi connectivity index (χ3v) is 1.86. The number of hydrogen-bond donors (Lipinski definition) is 1. The Balaban J connectivity index is 2.75. The van der Waals surface area contributed by atoms with Gasteiger partial charge in [-0.05, 0) is 12.8 Å². The summed E-state index contributed by atoms with van der Waals surface area (Å²) in [5, 5.41) is 17.3. The highest BCUT2D eigenvalue weighted by atomic mass is 16.5. The molecule has 1 rings (SSSR count). The molecule has 1 N–H and O–H groups in total. The molecule has 0 bridgehead atoms. The fraction of sp³-hybridized carbons (Fsp3) is 0.714. The third-order valence-electron chi connectivity index (χ3n) is 1.86. The van der Waals surface area contributed by atoms with Gasteiger partial charge in [0.15, 0.2) is 5.41 Å². The largest absolute Gasteiger partial charge is 0.480 e. The van der Waals surface area contributed by atoms with Crippen molar-refractivity contribution in [2.45, 2.75) is 12.8 Å². The van der Waals surface area contributed by atoms with Crippen LogP contribution in [0.15, 0.2) is 0 Å². The Labute approximate surface area is 64.4 Å². The van der Waals surface area contributed by atoms with Crippen LogP contribution in [-0.2, 0) is 9.53 Å². The highest BCUT2D eigenvalue weighted by Gasteiger charge is 2.40. The number of rotatable bonds is 1. The van der Waals surface area contributed by atoms with Crippen LogP contribution in [0.5, 0.6) is 0 Å². The molecular weight excluding hydrogens is 146 g/mol. The lowest BCUT2D eigenvalue weighted by molar-refractivity contribution is -0.151. The average molecular weight is 155 g/mol. The van der Waals surface area contributed by atoms with Gasteiger partial charge in [-0.2, -0.15) is 5.26 Å². The molecule has 0 aromatic rings. The van der Waals surface area contributed by atoms with Crippen LogP contribution in [0.3, 0.4) is 0 Å². The molecule has 4 nitrogen and oxygen atoms in total. The monoisotopic (exact) mass is 155 g/mol. The number of nitrogens with zero attached hydrogens (tertiary/aromatic N) is 1. The highest BCUT2D eigenvalue weighted by Crippen LogP contribution is 2.27. The van der Waals surface area contributed by atoms with Crippen molar-refractivity contribution in [3.63, 3.8) is 0 Å². The van der Waals surface area contributed by atoms with Gasteiger partial charge in [0, 0.05) is 6.61 Å². The zero-order valence-corrected chi connectivity index (χ0v) is 6.04. The van der Waals surface area contributed by atoms with Gasteiger partial charge in [0.25, 0.3) is 0 Å². The molecule has 0 aliphatic carbocycles. The van der Waals surface area contributed by atoms with Crippen molar-refractivity contribution in [2.24, 2.45) is 5.41 Å². The van der Waals surface area contributed by atoms with Gasteiger partial charge in [-0.1, -0.05) is 0 Å². The molecule has 60 valence electrons. The molecule has 1 atom stereocenters. The summed E-state index contributed by atoms with van der Waals surface area (Å²) in [6, 6.07) is 1.79. The molecule has 0 amide bonds. The molecule has 0 saturated carbocycles. The molecule has 1 aliphatic heterocycles. The smallest absolute Gasteiger partial charge is 0.326 e. The summed E-state index contributed by atoms with van der Waals surface area (Å²) in [7, 11) is 0. The van der Waals surface area contributed by atoms with Crippen molar-refractivity contribution >= 4 is 5.97 Å². The zero-order chi connectivity index (χ0) is 8.32. The second-order valence-corrected chi connectivity index (χ2v) is 2.66. The number of nitriles is 1. The molecule has 1 aliphatic rings. The second kappa shape index (κ2) is 2.89. The van der Waals surface area contributed by atoms with Crippen molar-refractivity contribution < 1.29 is 14.6 Å². The van der Waals surface area contributed by atoms with E-state index in [2.05, 4.69) is 0 Å². The maximum Gasteiger partial charge on any atom is 0.326 e. The first-order chi connectivity index (χ1) is 5.21. The van der Waals surface area contributed by atoms with Gasteiger partial charge in [-0.25, -0.2) is 0 Å². The van der Waals surface area contributed by atoms with Crippen LogP contribution in [-0.4, -0.2) is 24.3 Å². The minimum atomic E-state index is -1.28. The van der Waals surface area contributed by atoms with Crippen molar-refractivity contribution in [3.05, 3.63) is 0 Å². The van der Waals surface area contributed by atoms with Gasteiger partial charge in [0.1, 0.15) is 0 Å². The Morgan fingerprint density at radius 1 is 1.73 bits per heavy atom. The van der Waals surface area contributed by atoms with Crippen LogP contribution < -0.4 is 0 Å². The summed E-state index contributed by atoms with van der Waals surface area (Å²) in [6.07, 6.45) is 1.05. The molecule has 1 fully saturated rings. The number of aliphatic carboxylic acids is 1. The molecule has 0 aromatic heterocycles. The topological polar surface area (TPSA) is 70.3 Å². The van der Waals surface area contributed by atoms with E-state index in [9.17, 15) is 4.79 Å². The van der Waals surface area contributed by atoms with E-state index in [4.69, 9.17) is 15.1 Å². The van der Waals surface area contributed by atoms with E-state index >= 15 is 0 Å². The van der Waals surface area contributed by atoms with Crippen LogP contribution in [0.25, 0.3) is 0 Å². The molecule has 0 unspecified atom stereocenters. The lowest BCUT2D eigenvalue weighted by Crippen LogP contribution is -2.37. The number of carbonyl (C=O) groups is 1. The number of hydrogen-bond acceptors (Lipinski definition) is 3. The summed E-state index contributed by atoms with van der Waals surface area (Å²) in [5.41, 5.74) is -1.28. The van der Waals surface area contributed by atoms with E-state index in [1.54, 1.807) is 6.07 Å². The van der Waals surface area contributed by atoms with Crippen LogP contribution >= 0.6 is 0 Å². The molecular formula is C7H9NO3. The van der Waals surface area contributed by atoms with Crippen molar-refractivity contribution in [2.75, 3.05) is 13.2 Å². The Kier molecular flexibility index (Phi) is 2.11. The molecule has 4 heteroatoms. The number of carboxylic acid groups (broad SMARTS) is 1. The second-order valence-electron chi connectivity index (χ2n) is 2.66. The number of carboxylic acids is 1.